The van der Waals surface area contributed by atoms with Crippen LogP contribution in [-0.4, -0.2) is 16.2 Å². The Morgan fingerprint density at radius 2 is 2.20 bits per heavy atom. The number of hydrogen-bond acceptors (Lipinski definition) is 4. The molecule has 2 atom stereocenters. The van der Waals surface area contributed by atoms with Crippen molar-refractivity contribution in [3.8, 4) is 0 Å². The summed E-state index contributed by atoms with van der Waals surface area (Å²) in [7, 11) is 0. The van der Waals surface area contributed by atoms with Gasteiger partial charge in [0.05, 0.1) is 35.6 Å². The van der Waals surface area contributed by atoms with Gasteiger partial charge < -0.3 is 9.73 Å². The molecule has 5 nitrogen and oxygen atoms in total. The Hall–Kier alpha value is -3.08. The Balaban J connectivity index is 1.98. The van der Waals surface area contributed by atoms with Gasteiger partial charge in [0, 0.05) is 16.6 Å². The van der Waals surface area contributed by atoms with Crippen molar-refractivity contribution in [2.45, 2.75) is 25.8 Å². The van der Waals surface area contributed by atoms with Crippen LogP contribution in [0, 0.1) is 0 Å². The summed E-state index contributed by atoms with van der Waals surface area (Å²) in [5.41, 5.74) is 3.83. The number of benzene rings is 1. The SMILES string of the molecule is CC=CC=C(C)C1Nc2cccc3c(=O)[nH]nc(c23)C1c1ccoc1. The minimum absolute atomic E-state index is 0.0188. The smallest absolute Gasteiger partial charge is 0.272 e. The van der Waals surface area contributed by atoms with Crippen LogP contribution in [-0.2, 0) is 0 Å². The molecule has 0 aliphatic carbocycles. The molecule has 2 unspecified atom stereocenters. The number of H-pyrrole nitrogens is 1. The lowest BCUT2D eigenvalue weighted by molar-refractivity contribution is 0.557. The highest BCUT2D eigenvalue weighted by atomic mass is 16.3. The minimum Gasteiger partial charge on any atom is -0.472 e. The van der Waals surface area contributed by atoms with Gasteiger partial charge in [-0.05, 0) is 32.0 Å². The van der Waals surface area contributed by atoms with E-state index in [0.717, 1.165) is 22.3 Å². The molecule has 4 rings (SSSR count). The van der Waals surface area contributed by atoms with Crippen LogP contribution >= 0.6 is 0 Å². The largest absolute Gasteiger partial charge is 0.472 e. The Kier molecular flexibility index (Phi) is 3.76. The highest BCUT2D eigenvalue weighted by Crippen LogP contribution is 2.41. The van der Waals surface area contributed by atoms with Crippen LogP contribution in [0.15, 0.2) is 69.8 Å². The Morgan fingerprint density at radius 1 is 1.32 bits per heavy atom. The first-order valence-electron chi connectivity index (χ1n) is 8.30. The standard InChI is InChI=1S/C20H19N3O2/c1-3-4-6-12(2)18-16(13-9-10-25-11-13)19-17-14(20(24)23-22-19)7-5-8-15(17)21-18/h3-11,16,18,21H,1-2H3,(H,23,24). The van der Waals surface area contributed by atoms with Gasteiger partial charge in [-0.3, -0.25) is 4.79 Å². The second-order valence-corrected chi connectivity index (χ2v) is 6.26. The number of nitrogens with zero attached hydrogens (tertiary/aromatic N) is 1. The van der Waals surface area contributed by atoms with Crippen molar-refractivity contribution >= 4 is 16.5 Å². The molecule has 2 aromatic heterocycles. The molecule has 5 heteroatoms. The van der Waals surface area contributed by atoms with Crippen LogP contribution in [0.25, 0.3) is 10.8 Å². The van der Waals surface area contributed by atoms with Crippen molar-refractivity contribution < 1.29 is 4.42 Å². The van der Waals surface area contributed by atoms with Gasteiger partial charge in [-0.1, -0.05) is 29.9 Å². The number of rotatable bonds is 3. The van der Waals surface area contributed by atoms with Crippen LogP contribution in [0.4, 0.5) is 5.69 Å². The van der Waals surface area contributed by atoms with Gasteiger partial charge in [0.15, 0.2) is 0 Å². The van der Waals surface area contributed by atoms with Crippen molar-refractivity contribution in [1.82, 2.24) is 10.2 Å². The Labute approximate surface area is 145 Å². The van der Waals surface area contributed by atoms with E-state index in [-0.39, 0.29) is 17.5 Å². The molecule has 0 radical (unpaired) electrons. The van der Waals surface area contributed by atoms with Crippen molar-refractivity contribution in [2.75, 3.05) is 5.32 Å². The predicted octanol–water partition coefficient (Wildman–Crippen LogP) is 3.96. The van der Waals surface area contributed by atoms with Crippen molar-refractivity contribution in [3.05, 3.63) is 82.2 Å². The Morgan fingerprint density at radius 3 is 2.96 bits per heavy atom. The molecule has 3 heterocycles. The zero-order chi connectivity index (χ0) is 17.4. The zero-order valence-corrected chi connectivity index (χ0v) is 14.1. The summed E-state index contributed by atoms with van der Waals surface area (Å²) in [6.07, 6.45) is 9.54. The molecule has 1 aliphatic rings. The van der Waals surface area contributed by atoms with Gasteiger partial charge in [0.25, 0.3) is 5.56 Å². The first-order valence-corrected chi connectivity index (χ1v) is 8.30. The van der Waals surface area contributed by atoms with Gasteiger partial charge in [-0.15, -0.1) is 0 Å². The number of hydrogen-bond donors (Lipinski definition) is 2. The number of aromatic amines is 1. The first kappa shape index (κ1) is 15.4. The van der Waals surface area contributed by atoms with Gasteiger partial charge in [0.1, 0.15) is 0 Å². The third kappa shape index (κ3) is 2.48. The van der Waals surface area contributed by atoms with Crippen LogP contribution in [0.3, 0.4) is 0 Å². The lowest BCUT2D eigenvalue weighted by atomic mass is 9.81. The summed E-state index contributed by atoms with van der Waals surface area (Å²) in [5.74, 6) is -0.0468. The molecule has 25 heavy (non-hydrogen) atoms. The van der Waals surface area contributed by atoms with E-state index >= 15 is 0 Å². The fourth-order valence-corrected chi connectivity index (χ4v) is 3.53. The van der Waals surface area contributed by atoms with E-state index in [4.69, 9.17) is 4.42 Å². The van der Waals surface area contributed by atoms with E-state index in [1.807, 2.05) is 43.3 Å². The summed E-state index contributed by atoms with van der Waals surface area (Å²) in [4.78, 5) is 12.2. The van der Waals surface area contributed by atoms with E-state index < -0.39 is 0 Å². The summed E-state index contributed by atoms with van der Waals surface area (Å²) in [5, 5.41) is 12.2. The molecule has 0 bridgehead atoms. The minimum atomic E-state index is -0.173. The van der Waals surface area contributed by atoms with E-state index in [1.54, 1.807) is 12.5 Å². The van der Waals surface area contributed by atoms with Gasteiger partial charge in [0.2, 0.25) is 0 Å². The molecule has 2 N–H and O–H groups in total. The maximum Gasteiger partial charge on any atom is 0.272 e. The molecular weight excluding hydrogens is 314 g/mol. The summed E-state index contributed by atoms with van der Waals surface area (Å²) in [6, 6.07) is 7.69. The van der Waals surface area contributed by atoms with Gasteiger partial charge >= 0.3 is 0 Å². The van der Waals surface area contributed by atoms with Gasteiger partial charge in [-0.25, -0.2) is 5.10 Å². The van der Waals surface area contributed by atoms with Crippen molar-refractivity contribution in [1.29, 1.82) is 0 Å². The molecule has 126 valence electrons. The maximum absolute atomic E-state index is 12.2. The molecule has 1 aliphatic heterocycles. The number of nitrogens with one attached hydrogen (secondary N) is 2. The first-order chi connectivity index (χ1) is 12.2. The summed E-state index contributed by atoms with van der Waals surface area (Å²) < 4.78 is 5.32. The second kappa shape index (κ2) is 6.09. The molecular formula is C20H19N3O2. The average molecular weight is 333 g/mol. The van der Waals surface area contributed by atoms with E-state index in [0.29, 0.717) is 5.39 Å². The van der Waals surface area contributed by atoms with E-state index in [9.17, 15) is 4.79 Å². The van der Waals surface area contributed by atoms with E-state index in [1.165, 1.54) is 5.57 Å². The lowest BCUT2D eigenvalue weighted by Crippen LogP contribution is -2.34. The number of allylic oxidation sites excluding steroid dienone is 3. The van der Waals surface area contributed by atoms with Crippen molar-refractivity contribution in [3.63, 3.8) is 0 Å². The quantitative estimate of drug-likeness (QED) is 0.712. The van der Waals surface area contributed by atoms with E-state index in [2.05, 4.69) is 28.5 Å². The Bertz CT molecular complexity index is 1030. The van der Waals surface area contributed by atoms with Gasteiger partial charge in [-0.2, -0.15) is 5.10 Å². The fraction of sp³-hybridized carbons (Fsp3) is 0.200. The molecule has 1 aromatic carbocycles. The zero-order valence-electron chi connectivity index (χ0n) is 14.1. The van der Waals surface area contributed by atoms with Crippen LogP contribution in [0.2, 0.25) is 0 Å². The highest BCUT2D eigenvalue weighted by molar-refractivity contribution is 5.97. The number of furan rings is 1. The highest BCUT2D eigenvalue weighted by Gasteiger charge is 2.35. The molecule has 0 spiro atoms. The maximum atomic E-state index is 12.2. The third-order valence-corrected chi connectivity index (χ3v) is 4.73. The number of aromatic nitrogens is 2. The van der Waals surface area contributed by atoms with Crippen LogP contribution < -0.4 is 10.9 Å². The summed E-state index contributed by atoms with van der Waals surface area (Å²) in [6.45, 7) is 4.09. The average Bonchev–Trinajstić information content (AvgIpc) is 3.16. The number of anilines is 1. The third-order valence-electron chi connectivity index (χ3n) is 4.73. The van der Waals surface area contributed by atoms with Crippen LogP contribution in [0.5, 0.6) is 0 Å². The molecule has 0 fully saturated rings. The molecule has 3 aromatic rings. The summed E-state index contributed by atoms with van der Waals surface area (Å²) >= 11 is 0. The molecule has 0 saturated carbocycles. The predicted molar refractivity (Wildman–Crippen MR) is 98.9 cm³/mol. The van der Waals surface area contributed by atoms with Crippen LogP contribution in [0.1, 0.15) is 31.0 Å². The normalized spacial score (nSPS) is 20.2. The monoisotopic (exact) mass is 333 g/mol. The second-order valence-electron chi connectivity index (χ2n) is 6.26. The topological polar surface area (TPSA) is 70.9 Å². The molecule has 0 saturated heterocycles. The lowest BCUT2D eigenvalue weighted by Gasteiger charge is -2.34. The molecule has 0 amide bonds. The fourth-order valence-electron chi connectivity index (χ4n) is 3.53. The van der Waals surface area contributed by atoms with Crippen molar-refractivity contribution in [2.24, 2.45) is 0 Å².